The van der Waals surface area contributed by atoms with Crippen molar-refractivity contribution < 1.29 is 0 Å². The topological polar surface area (TPSA) is 12.0 Å². The summed E-state index contributed by atoms with van der Waals surface area (Å²) in [6.45, 7) is 7.12. The van der Waals surface area contributed by atoms with Crippen molar-refractivity contribution in [1.82, 2.24) is 5.32 Å². The molecule has 112 valence electrons. The highest BCUT2D eigenvalue weighted by atomic mass is 14.9. The van der Waals surface area contributed by atoms with Gasteiger partial charge in [0.2, 0.25) is 0 Å². The Bertz CT molecular complexity index is 609. The molecule has 0 spiro atoms. The molecule has 0 heterocycles. The Hall–Kier alpha value is -1.34. The molecule has 0 aromatic heterocycles. The predicted molar refractivity (Wildman–Crippen MR) is 91.5 cm³/mol. The first kappa shape index (κ1) is 14.6. The molecular weight excluding hydrogens is 254 g/mol. The molecule has 1 aliphatic rings. The van der Waals surface area contributed by atoms with E-state index in [0.29, 0.717) is 17.5 Å². The summed E-state index contributed by atoms with van der Waals surface area (Å²) in [5, 5.41) is 6.61. The van der Waals surface area contributed by atoms with Gasteiger partial charge in [0.25, 0.3) is 0 Å². The summed E-state index contributed by atoms with van der Waals surface area (Å²) in [6.07, 6.45) is 5.33. The SMILES string of the molecule is CC(NC1CCCC(C)(C)C1)c1cccc2ccccc12. The van der Waals surface area contributed by atoms with Crippen LogP contribution >= 0.6 is 0 Å². The maximum Gasteiger partial charge on any atom is 0.0300 e. The zero-order valence-corrected chi connectivity index (χ0v) is 13.5. The first-order valence-electron chi connectivity index (χ1n) is 8.29. The number of hydrogen-bond donors (Lipinski definition) is 1. The first-order valence-corrected chi connectivity index (χ1v) is 8.29. The number of hydrogen-bond acceptors (Lipinski definition) is 1. The van der Waals surface area contributed by atoms with E-state index in [1.807, 2.05) is 0 Å². The van der Waals surface area contributed by atoms with Gasteiger partial charge in [-0.15, -0.1) is 0 Å². The molecule has 1 saturated carbocycles. The Labute approximate surface area is 128 Å². The lowest BCUT2D eigenvalue weighted by atomic mass is 9.75. The lowest BCUT2D eigenvalue weighted by Crippen LogP contribution is -2.38. The minimum absolute atomic E-state index is 0.412. The molecule has 2 unspecified atom stereocenters. The van der Waals surface area contributed by atoms with Crippen LogP contribution in [-0.4, -0.2) is 6.04 Å². The highest BCUT2D eigenvalue weighted by Gasteiger charge is 2.28. The normalized spacial score (nSPS) is 23.1. The number of benzene rings is 2. The van der Waals surface area contributed by atoms with E-state index < -0.39 is 0 Å². The van der Waals surface area contributed by atoms with Gasteiger partial charge in [0.15, 0.2) is 0 Å². The molecule has 0 saturated heterocycles. The summed E-state index contributed by atoms with van der Waals surface area (Å²) in [5.74, 6) is 0. The molecule has 2 aromatic carbocycles. The van der Waals surface area contributed by atoms with Gasteiger partial charge >= 0.3 is 0 Å². The van der Waals surface area contributed by atoms with Crippen molar-refractivity contribution in [3.63, 3.8) is 0 Å². The number of rotatable bonds is 3. The zero-order chi connectivity index (χ0) is 14.9. The highest BCUT2D eigenvalue weighted by Crippen LogP contribution is 2.36. The monoisotopic (exact) mass is 281 g/mol. The van der Waals surface area contributed by atoms with E-state index in [1.54, 1.807) is 0 Å². The minimum Gasteiger partial charge on any atom is -0.307 e. The summed E-state index contributed by atoms with van der Waals surface area (Å²) < 4.78 is 0. The van der Waals surface area contributed by atoms with Crippen LogP contribution in [0.2, 0.25) is 0 Å². The van der Waals surface area contributed by atoms with E-state index in [-0.39, 0.29) is 0 Å². The van der Waals surface area contributed by atoms with Crippen LogP contribution in [0.25, 0.3) is 10.8 Å². The fraction of sp³-hybridized carbons (Fsp3) is 0.500. The smallest absolute Gasteiger partial charge is 0.0300 e. The first-order chi connectivity index (χ1) is 10.1. The summed E-state index contributed by atoms with van der Waals surface area (Å²) in [7, 11) is 0. The quantitative estimate of drug-likeness (QED) is 0.787. The van der Waals surface area contributed by atoms with E-state index in [2.05, 4.69) is 68.6 Å². The second-order valence-corrected chi connectivity index (χ2v) is 7.41. The molecule has 1 aliphatic carbocycles. The highest BCUT2D eigenvalue weighted by molar-refractivity contribution is 5.86. The van der Waals surface area contributed by atoms with E-state index >= 15 is 0 Å². The zero-order valence-electron chi connectivity index (χ0n) is 13.5. The molecule has 1 nitrogen and oxygen atoms in total. The van der Waals surface area contributed by atoms with Gasteiger partial charge in [-0.05, 0) is 47.9 Å². The second kappa shape index (κ2) is 5.81. The van der Waals surface area contributed by atoms with Gasteiger partial charge < -0.3 is 5.32 Å². The third-order valence-corrected chi connectivity index (χ3v) is 4.98. The largest absolute Gasteiger partial charge is 0.307 e. The molecule has 2 atom stereocenters. The van der Waals surface area contributed by atoms with Crippen LogP contribution < -0.4 is 5.32 Å². The molecular formula is C20H27N. The average Bonchev–Trinajstić information content (AvgIpc) is 2.45. The summed E-state index contributed by atoms with van der Waals surface area (Å²) in [4.78, 5) is 0. The third-order valence-electron chi connectivity index (χ3n) is 4.98. The predicted octanol–water partition coefficient (Wildman–Crippen LogP) is 5.46. The van der Waals surface area contributed by atoms with Crippen molar-refractivity contribution in [3.05, 3.63) is 48.0 Å². The van der Waals surface area contributed by atoms with Crippen molar-refractivity contribution in [2.75, 3.05) is 0 Å². The van der Waals surface area contributed by atoms with Gasteiger partial charge in [0.1, 0.15) is 0 Å². The maximum atomic E-state index is 3.88. The van der Waals surface area contributed by atoms with Crippen LogP contribution in [0.3, 0.4) is 0 Å². The molecule has 3 rings (SSSR count). The van der Waals surface area contributed by atoms with E-state index in [4.69, 9.17) is 0 Å². The van der Waals surface area contributed by atoms with Gasteiger partial charge in [0, 0.05) is 12.1 Å². The van der Waals surface area contributed by atoms with Crippen LogP contribution in [0.5, 0.6) is 0 Å². The molecule has 0 amide bonds. The lowest BCUT2D eigenvalue weighted by molar-refractivity contribution is 0.191. The Morgan fingerprint density at radius 1 is 1.10 bits per heavy atom. The fourth-order valence-electron chi connectivity index (χ4n) is 3.91. The van der Waals surface area contributed by atoms with E-state index in [0.717, 1.165) is 0 Å². The van der Waals surface area contributed by atoms with Crippen molar-refractivity contribution in [2.45, 2.75) is 58.5 Å². The Morgan fingerprint density at radius 2 is 1.86 bits per heavy atom. The van der Waals surface area contributed by atoms with Crippen molar-refractivity contribution in [3.8, 4) is 0 Å². The van der Waals surface area contributed by atoms with Crippen molar-refractivity contribution in [2.24, 2.45) is 5.41 Å². The van der Waals surface area contributed by atoms with Gasteiger partial charge in [-0.2, -0.15) is 0 Å². The van der Waals surface area contributed by atoms with Crippen LogP contribution in [0.15, 0.2) is 42.5 Å². The van der Waals surface area contributed by atoms with Crippen LogP contribution in [0.1, 0.15) is 58.1 Å². The van der Waals surface area contributed by atoms with Gasteiger partial charge in [-0.25, -0.2) is 0 Å². The van der Waals surface area contributed by atoms with E-state index in [9.17, 15) is 0 Å². The molecule has 2 aromatic rings. The molecule has 1 N–H and O–H groups in total. The van der Waals surface area contributed by atoms with E-state index in [1.165, 1.54) is 42.0 Å². The molecule has 1 heteroatoms. The van der Waals surface area contributed by atoms with Crippen LogP contribution in [-0.2, 0) is 0 Å². The summed E-state index contributed by atoms with van der Waals surface area (Å²) in [5.41, 5.74) is 1.92. The number of fused-ring (bicyclic) bond motifs is 1. The Kier molecular flexibility index (Phi) is 4.03. The standard InChI is InChI=1S/C20H27N/c1-15(21-17-10-7-13-20(2,3)14-17)18-12-6-9-16-8-4-5-11-19(16)18/h4-6,8-9,11-12,15,17,21H,7,10,13-14H2,1-3H3. The molecule has 1 fully saturated rings. The van der Waals surface area contributed by atoms with Crippen molar-refractivity contribution >= 4 is 10.8 Å². The van der Waals surface area contributed by atoms with Gasteiger partial charge in [0.05, 0.1) is 0 Å². The second-order valence-electron chi connectivity index (χ2n) is 7.41. The third kappa shape index (κ3) is 3.29. The molecule has 0 radical (unpaired) electrons. The fourth-order valence-corrected chi connectivity index (χ4v) is 3.91. The summed E-state index contributed by atoms with van der Waals surface area (Å²) in [6, 6.07) is 16.4. The minimum atomic E-state index is 0.412. The van der Waals surface area contributed by atoms with Gasteiger partial charge in [-0.3, -0.25) is 0 Å². The molecule has 21 heavy (non-hydrogen) atoms. The average molecular weight is 281 g/mol. The Morgan fingerprint density at radius 3 is 2.67 bits per heavy atom. The van der Waals surface area contributed by atoms with Crippen LogP contribution in [0.4, 0.5) is 0 Å². The molecule has 0 bridgehead atoms. The lowest BCUT2D eigenvalue weighted by Gasteiger charge is -2.37. The van der Waals surface area contributed by atoms with Gasteiger partial charge in [-0.1, -0.05) is 62.7 Å². The van der Waals surface area contributed by atoms with Crippen molar-refractivity contribution in [1.29, 1.82) is 0 Å². The maximum absolute atomic E-state index is 3.88. The summed E-state index contributed by atoms with van der Waals surface area (Å²) >= 11 is 0. The Balaban J connectivity index is 1.79. The van der Waals surface area contributed by atoms with Crippen LogP contribution in [0, 0.1) is 5.41 Å². The molecule has 0 aliphatic heterocycles. The number of nitrogens with one attached hydrogen (secondary N) is 1.